The summed E-state index contributed by atoms with van der Waals surface area (Å²) in [4.78, 5) is 35.1. The minimum Gasteiger partial charge on any atom is -0.480 e. The second-order valence-electron chi connectivity index (χ2n) is 4.87. The van der Waals surface area contributed by atoms with Crippen molar-refractivity contribution in [2.45, 2.75) is 38.8 Å². The van der Waals surface area contributed by atoms with Gasteiger partial charge in [0, 0.05) is 25.6 Å². The van der Waals surface area contributed by atoms with Gasteiger partial charge in [-0.15, -0.1) is 0 Å². The second-order valence-corrected chi connectivity index (χ2v) is 4.87. The number of nitrogens with two attached hydrogens (primary N) is 1. The van der Waals surface area contributed by atoms with Crippen molar-refractivity contribution in [2.75, 3.05) is 20.1 Å². The molecule has 0 saturated carbocycles. The lowest BCUT2D eigenvalue weighted by molar-refractivity contribution is -0.139. The van der Waals surface area contributed by atoms with Crippen molar-refractivity contribution >= 4 is 17.9 Å². The Morgan fingerprint density at radius 2 is 1.90 bits per heavy atom. The fourth-order valence-corrected chi connectivity index (χ4v) is 1.36. The van der Waals surface area contributed by atoms with Gasteiger partial charge in [0.15, 0.2) is 0 Å². The van der Waals surface area contributed by atoms with Gasteiger partial charge in [-0.3, -0.25) is 4.79 Å². The molecule has 8 heteroatoms. The molecule has 0 heterocycles. The first-order chi connectivity index (χ1) is 9.23. The lowest BCUT2D eigenvalue weighted by Gasteiger charge is -2.21. The van der Waals surface area contributed by atoms with Crippen molar-refractivity contribution in [2.24, 2.45) is 5.73 Å². The van der Waals surface area contributed by atoms with E-state index in [1.165, 1.54) is 0 Å². The van der Waals surface area contributed by atoms with Crippen molar-refractivity contribution < 1.29 is 19.5 Å². The van der Waals surface area contributed by atoms with E-state index in [1.54, 1.807) is 0 Å². The Labute approximate surface area is 118 Å². The smallest absolute Gasteiger partial charge is 0.326 e. The highest BCUT2D eigenvalue weighted by atomic mass is 16.4. The van der Waals surface area contributed by atoms with Crippen LogP contribution in [-0.2, 0) is 9.59 Å². The number of carbonyl (C=O) groups excluding carboxylic acids is 2. The van der Waals surface area contributed by atoms with Gasteiger partial charge >= 0.3 is 12.0 Å². The fourth-order valence-electron chi connectivity index (χ4n) is 1.36. The van der Waals surface area contributed by atoms with Crippen LogP contribution in [0.25, 0.3) is 0 Å². The van der Waals surface area contributed by atoms with E-state index >= 15 is 0 Å². The van der Waals surface area contributed by atoms with Crippen LogP contribution in [0.3, 0.4) is 0 Å². The van der Waals surface area contributed by atoms with Crippen LogP contribution in [0.4, 0.5) is 4.79 Å². The highest BCUT2D eigenvalue weighted by Gasteiger charge is 2.20. The molecule has 0 aromatic rings. The largest absolute Gasteiger partial charge is 0.480 e. The monoisotopic (exact) mass is 288 g/mol. The number of likely N-dealkylation sites (N-methyl/N-ethyl adjacent to an activating group) is 1. The van der Waals surface area contributed by atoms with Crippen LogP contribution in [-0.4, -0.2) is 60.1 Å². The maximum Gasteiger partial charge on any atom is 0.326 e. The molecule has 0 saturated heterocycles. The molecule has 0 aliphatic carbocycles. The molecule has 0 radical (unpaired) electrons. The molecule has 0 aliphatic rings. The molecule has 0 rings (SSSR count). The normalized spacial score (nSPS) is 12.2. The molecular weight excluding hydrogens is 264 g/mol. The SMILES string of the molecule is CC(C)N(C)CCNC(=O)NC(CCC(N)=O)C(=O)O. The van der Waals surface area contributed by atoms with E-state index in [0.29, 0.717) is 19.1 Å². The lowest BCUT2D eigenvalue weighted by Crippen LogP contribution is -2.48. The first kappa shape index (κ1) is 18.2. The first-order valence-electron chi connectivity index (χ1n) is 6.49. The van der Waals surface area contributed by atoms with Crippen molar-refractivity contribution in [3.8, 4) is 0 Å². The topological polar surface area (TPSA) is 125 Å². The number of hydrogen-bond acceptors (Lipinski definition) is 4. The number of urea groups is 1. The molecular formula is C12H24N4O4. The van der Waals surface area contributed by atoms with Crippen LogP contribution in [0, 0.1) is 0 Å². The molecule has 0 spiro atoms. The van der Waals surface area contributed by atoms with Gasteiger partial charge in [-0.25, -0.2) is 9.59 Å². The van der Waals surface area contributed by atoms with E-state index in [1.807, 2.05) is 25.8 Å². The van der Waals surface area contributed by atoms with E-state index < -0.39 is 23.9 Å². The zero-order valence-corrected chi connectivity index (χ0v) is 12.2. The summed E-state index contributed by atoms with van der Waals surface area (Å²) in [5.74, 6) is -1.79. The molecule has 0 aromatic heterocycles. The van der Waals surface area contributed by atoms with E-state index in [-0.39, 0.29) is 12.8 Å². The van der Waals surface area contributed by atoms with Crippen LogP contribution in [0.2, 0.25) is 0 Å². The summed E-state index contributed by atoms with van der Waals surface area (Å²) in [7, 11) is 1.93. The van der Waals surface area contributed by atoms with Gasteiger partial charge in [0.25, 0.3) is 0 Å². The number of carboxylic acid groups (broad SMARTS) is 1. The van der Waals surface area contributed by atoms with Crippen LogP contribution in [0.1, 0.15) is 26.7 Å². The Morgan fingerprint density at radius 3 is 2.35 bits per heavy atom. The second kappa shape index (κ2) is 9.13. The first-order valence-corrected chi connectivity index (χ1v) is 6.49. The minimum absolute atomic E-state index is 0.0238. The molecule has 0 fully saturated rings. The van der Waals surface area contributed by atoms with Crippen LogP contribution in [0.15, 0.2) is 0 Å². The van der Waals surface area contributed by atoms with Gasteiger partial charge in [0.05, 0.1) is 0 Å². The Hall–Kier alpha value is -1.83. The van der Waals surface area contributed by atoms with Crippen molar-refractivity contribution in [1.29, 1.82) is 0 Å². The van der Waals surface area contributed by atoms with Gasteiger partial charge in [-0.05, 0) is 27.3 Å². The summed E-state index contributed by atoms with van der Waals surface area (Å²) in [5.41, 5.74) is 4.95. The third-order valence-electron chi connectivity index (χ3n) is 2.91. The van der Waals surface area contributed by atoms with Gasteiger partial charge in [-0.1, -0.05) is 0 Å². The summed E-state index contributed by atoms with van der Waals surface area (Å²) in [6, 6.07) is -1.33. The van der Waals surface area contributed by atoms with Crippen molar-refractivity contribution in [1.82, 2.24) is 15.5 Å². The predicted molar refractivity (Wildman–Crippen MR) is 74.2 cm³/mol. The molecule has 0 aromatic carbocycles. The summed E-state index contributed by atoms with van der Waals surface area (Å²) in [6.45, 7) is 5.13. The minimum atomic E-state index is -1.19. The fraction of sp³-hybridized carbons (Fsp3) is 0.750. The zero-order chi connectivity index (χ0) is 15.7. The van der Waals surface area contributed by atoms with Crippen LogP contribution < -0.4 is 16.4 Å². The lowest BCUT2D eigenvalue weighted by atomic mass is 10.1. The summed E-state index contributed by atoms with van der Waals surface area (Å²) in [6.07, 6.45) is -0.114. The van der Waals surface area contributed by atoms with Crippen molar-refractivity contribution in [3.63, 3.8) is 0 Å². The molecule has 0 bridgehead atoms. The number of carboxylic acids is 1. The van der Waals surface area contributed by atoms with E-state index in [4.69, 9.17) is 10.8 Å². The summed E-state index contributed by atoms with van der Waals surface area (Å²) in [5, 5.41) is 13.8. The maximum atomic E-state index is 11.5. The van der Waals surface area contributed by atoms with Gasteiger partial charge < -0.3 is 26.4 Å². The molecule has 1 atom stereocenters. The number of rotatable bonds is 9. The molecule has 5 N–H and O–H groups in total. The molecule has 8 nitrogen and oxygen atoms in total. The Bertz CT molecular complexity index is 346. The maximum absolute atomic E-state index is 11.5. The standard InChI is InChI=1S/C12H24N4O4/c1-8(2)16(3)7-6-14-12(20)15-9(11(18)19)4-5-10(13)17/h8-9H,4-7H2,1-3H3,(H2,13,17)(H,18,19)(H2,14,15,20). The number of aliphatic carboxylic acids is 1. The number of nitrogens with one attached hydrogen (secondary N) is 2. The number of carbonyl (C=O) groups is 3. The van der Waals surface area contributed by atoms with Crippen molar-refractivity contribution in [3.05, 3.63) is 0 Å². The number of nitrogens with zero attached hydrogens (tertiary/aromatic N) is 1. The van der Waals surface area contributed by atoms with E-state index in [9.17, 15) is 14.4 Å². The van der Waals surface area contributed by atoms with E-state index in [0.717, 1.165) is 0 Å². The summed E-state index contributed by atoms with van der Waals surface area (Å²) >= 11 is 0. The molecule has 116 valence electrons. The number of hydrogen-bond donors (Lipinski definition) is 4. The molecule has 20 heavy (non-hydrogen) atoms. The summed E-state index contributed by atoms with van der Waals surface area (Å²) < 4.78 is 0. The van der Waals surface area contributed by atoms with Gasteiger partial charge in [-0.2, -0.15) is 0 Å². The van der Waals surface area contributed by atoms with Gasteiger partial charge in [0.2, 0.25) is 5.91 Å². The average Bonchev–Trinajstić information content (AvgIpc) is 2.33. The highest BCUT2D eigenvalue weighted by molar-refractivity contribution is 5.83. The Balaban J connectivity index is 4.07. The third kappa shape index (κ3) is 8.30. The molecule has 1 unspecified atom stereocenters. The van der Waals surface area contributed by atoms with Gasteiger partial charge in [0.1, 0.15) is 6.04 Å². The Morgan fingerprint density at radius 1 is 1.30 bits per heavy atom. The molecule has 3 amide bonds. The zero-order valence-electron chi connectivity index (χ0n) is 12.2. The van der Waals surface area contributed by atoms with Crippen LogP contribution in [0.5, 0.6) is 0 Å². The predicted octanol–water partition coefficient (Wildman–Crippen LogP) is -0.655. The Kier molecular flexibility index (Phi) is 8.30. The number of amides is 3. The quantitative estimate of drug-likeness (QED) is 0.448. The molecule has 0 aliphatic heterocycles. The van der Waals surface area contributed by atoms with Crippen LogP contribution >= 0.6 is 0 Å². The average molecular weight is 288 g/mol. The van der Waals surface area contributed by atoms with E-state index in [2.05, 4.69) is 10.6 Å². The highest BCUT2D eigenvalue weighted by Crippen LogP contribution is 1.97. The number of primary amides is 1. The third-order valence-corrected chi connectivity index (χ3v) is 2.91.